The van der Waals surface area contributed by atoms with Crippen molar-refractivity contribution in [1.29, 1.82) is 0 Å². The lowest BCUT2D eigenvalue weighted by molar-refractivity contribution is 0.0961. The van der Waals surface area contributed by atoms with E-state index >= 15 is 0 Å². The van der Waals surface area contributed by atoms with Gasteiger partial charge >= 0.3 is 6.09 Å². The molecule has 0 radical (unpaired) electrons. The summed E-state index contributed by atoms with van der Waals surface area (Å²) in [5.74, 6) is 0.582. The first-order valence-corrected chi connectivity index (χ1v) is 16.8. The van der Waals surface area contributed by atoms with Crippen molar-refractivity contribution in [3.63, 3.8) is 0 Å². The lowest BCUT2D eigenvalue weighted by Crippen LogP contribution is -2.40. The number of aryl methyl sites for hydroxylation is 2. The molecule has 52 heavy (non-hydrogen) atoms. The summed E-state index contributed by atoms with van der Waals surface area (Å²) in [6.07, 6.45) is 1.97. The van der Waals surface area contributed by atoms with Crippen LogP contribution in [0.3, 0.4) is 0 Å². The molecule has 0 saturated heterocycles. The Morgan fingerprint density at radius 2 is 1.29 bits per heavy atom. The molecule has 2 aliphatic rings. The van der Waals surface area contributed by atoms with Gasteiger partial charge in [-0.25, -0.2) is 4.79 Å². The van der Waals surface area contributed by atoms with Crippen molar-refractivity contribution < 1.29 is 38.8 Å². The summed E-state index contributed by atoms with van der Waals surface area (Å²) in [6.45, 7) is 6.99. The van der Waals surface area contributed by atoms with Crippen LogP contribution in [-0.2, 0) is 17.6 Å². The number of para-hydroxylation sites is 2. The van der Waals surface area contributed by atoms with Crippen molar-refractivity contribution in [3.05, 3.63) is 119 Å². The Morgan fingerprint density at radius 1 is 0.808 bits per heavy atom. The van der Waals surface area contributed by atoms with E-state index in [1.807, 2.05) is 62.4 Å². The molecule has 0 aromatic heterocycles. The molecular formula is C40H44N4O8. The summed E-state index contributed by atoms with van der Waals surface area (Å²) < 4.78 is 15.7. The maximum absolute atomic E-state index is 13.5. The molecule has 0 saturated carbocycles. The Kier molecular flexibility index (Phi) is 11.8. The number of hydrogen-bond donors (Lipinski definition) is 4. The number of nitrogens with zero attached hydrogens (tertiary/aromatic N) is 2. The molecule has 0 unspecified atom stereocenters. The average Bonchev–Trinajstić information content (AvgIpc) is 3.72. The summed E-state index contributed by atoms with van der Waals surface area (Å²) in [5.41, 5.74) is 12.7. The van der Waals surface area contributed by atoms with E-state index in [-0.39, 0.29) is 49.3 Å². The van der Waals surface area contributed by atoms with Crippen LogP contribution >= 0.6 is 0 Å². The molecule has 12 heteroatoms. The topological polar surface area (TPSA) is 164 Å². The van der Waals surface area contributed by atoms with E-state index in [9.17, 15) is 24.6 Å². The van der Waals surface area contributed by atoms with Gasteiger partial charge in [0.05, 0.1) is 56.3 Å². The number of nitrogens with two attached hydrogens (primary N) is 1. The number of methoxy groups -OCH3 is 2. The van der Waals surface area contributed by atoms with Gasteiger partial charge in [-0.05, 0) is 85.3 Å². The number of nitrogen functional groups attached to an aromatic ring is 1. The van der Waals surface area contributed by atoms with Crippen molar-refractivity contribution in [3.8, 4) is 11.5 Å². The lowest BCUT2D eigenvalue weighted by Gasteiger charge is -2.26. The summed E-state index contributed by atoms with van der Waals surface area (Å²) in [6, 6.07) is 21.2. The first-order chi connectivity index (χ1) is 25.1. The summed E-state index contributed by atoms with van der Waals surface area (Å²) in [4.78, 5) is 41.9. The fourth-order valence-corrected chi connectivity index (χ4v) is 6.61. The van der Waals surface area contributed by atoms with Crippen LogP contribution in [0.5, 0.6) is 11.5 Å². The van der Waals surface area contributed by atoms with E-state index in [1.165, 1.54) is 13.2 Å². The predicted octanol–water partition coefficient (Wildman–Crippen LogP) is 5.45. The standard InChI is InChI=1S/C22H24N2O5.C18H20N2O3/c1-4-9-29-22(27)23-18-10-14(2)20(28-3)12-17(18)21(26)24-16(13-25)11-15-7-5-6-8-19(15)24;1-11-7-15(19)14(9-17(11)23-2)18(22)20-13(10-21)8-12-5-3-4-6-16(12)20/h4-8,10,12,16,25H,1,9,11,13H2,2-3H3,(H,23,27);3-7,9,13,21H,8,10,19H2,1-2H3/t16-;13-/m00/s1. The quantitative estimate of drug-likeness (QED) is 0.131. The van der Waals surface area contributed by atoms with E-state index in [1.54, 1.807) is 41.2 Å². The molecule has 0 fully saturated rings. The van der Waals surface area contributed by atoms with Crippen molar-refractivity contribution in [2.75, 3.05) is 54.9 Å². The maximum atomic E-state index is 13.5. The molecule has 272 valence electrons. The van der Waals surface area contributed by atoms with Gasteiger partial charge in [-0.15, -0.1) is 0 Å². The second kappa shape index (κ2) is 16.4. The fraction of sp³-hybridized carbons (Fsp3) is 0.275. The minimum Gasteiger partial charge on any atom is -0.496 e. The highest BCUT2D eigenvalue weighted by molar-refractivity contribution is 6.13. The normalized spacial score (nSPS) is 15.5. The Hall–Kier alpha value is -5.85. The number of aliphatic hydroxyl groups excluding tert-OH is 2. The molecule has 4 aromatic carbocycles. The first-order valence-electron chi connectivity index (χ1n) is 16.8. The smallest absolute Gasteiger partial charge is 0.411 e. The van der Waals surface area contributed by atoms with Gasteiger partial charge in [0.15, 0.2) is 0 Å². The SMILES string of the molecule is C=CCOC(=O)Nc1cc(C)c(OC)cc1C(=O)N1c2ccccc2C[C@H]1CO.COc1cc(C(=O)N2c3ccccc3C[C@H]2CO)c(N)cc1C. The minimum absolute atomic E-state index is 0.0519. The number of hydrogen-bond acceptors (Lipinski definition) is 9. The van der Waals surface area contributed by atoms with Gasteiger partial charge in [0.25, 0.3) is 11.8 Å². The zero-order valence-electron chi connectivity index (χ0n) is 29.7. The van der Waals surface area contributed by atoms with E-state index in [2.05, 4.69) is 11.9 Å². The van der Waals surface area contributed by atoms with Gasteiger partial charge in [0.1, 0.15) is 18.1 Å². The molecule has 12 nitrogen and oxygen atoms in total. The van der Waals surface area contributed by atoms with Crippen molar-refractivity contribution in [2.45, 2.75) is 38.8 Å². The van der Waals surface area contributed by atoms with Crippen LogP contribution in [0.15, 0.2) is 85.5 Å². The number of amides is 3. The van der Waals surface area contributed by atoms with Crippen LogP contribution in [0.4, 0.5) is 27.5 Å². The number of benzene rings is 4. The van der Waals surface area contributed by atoms with Crippen LogP contribution < -0.4 is 30.3 Å². The van der Waals surface area contributed by atoms with E-state index < -0.39 is 6.09 Å². The summed E-state index contributed by atoms with van der Waals surface area (Å²) in [7, 11) is 3.08. The number of anilines is 4. The van der Waals surface area contributed by atoms with Gasteiger partial charge in [0.2, 0.25) is 0 Å². The molecule has 0 bridgehead atoms. The van der Waals surface area contributed by atoms with Crippen LogP contribution in [0.1, 0.15) is 43.0 Å². The zero-order chi connectivity index (χ0) is 37.5. The number of rotatable bonds is 9. The predicted molar refractivity (Wildman–Crippen MR) is 201 cm³/mol. The Balaban J connectivity index is 0.000000206. The average molecular weight is 709 g/mol. The molecule has 0 spiro atoms. The number of aliphatic hydroxyl groups is 2. The highest BCUT2D eigenvalue weighted by atomic mass is 16.5. The monoisotopic (exact) mass is 708 g/mol. The van der Waals surface area contributed by atoms with Gasteiger partial charge in [0, 0.05) is 17.1 Å². The van der Waals surface area contributed by atoms with Gasteiger partial charge in [-0.1, -0.05) is 49.1 Å². The molecule has 5 N–H and O–H groups in total. The van der Waals surface area contributed by atoms with Gasteiger partial charge in [-0.3, -0.25) is 14.9 Å². The van der Waals surface area contributed by atoms with Gasteiger partial charge in [-0.2, -0.15) is 0 Å². The Labute approximate surface area is 303 Å². The highest BCUT2D eigenvalue weighted by Gasteiger charge is 2.36. The number of carbonyl (C=O) groups is 3. The van der Waals surface area contributed by atoms with Crippen LogP contribution in [0.25, 0.3) is 0 Å². The maximum Gasteiger partial charge on any atom is 0.411 e. The van der Waals surface area contributed by atoms with E-state index in [4.69, 9.17) is 19.9 Å². The molecular weight excluding hydrogens is 664 g/mol. The molecule has 6 rings (SSSR count). The molecule has 3 amide bonds. The number of fused-ring (bicyclic) bond motifs is 2. The number of carbonyl (C=O) groups excluding carboxylic acids is 3. The number of ether oxygens (including phenoxy) is 3. The third-order valence-electron chi connectivity index (χ3n) is 9.13. The van der Waals surface area contributed by atoms with Crippen LogP contribution in [-0.4, -0.2) is 74.2 Å². The third-order valence-corrected chi connectivity index (χ3v) is 9.13. The second-order valence-electron chi connectivity index (χ2n) is 12.5. The van der Waals surface area contributed by atoms with E-state index in [0.29, 0.717) is 41.3 Å². The van der Waals surface area contributed by atoms with E-state index in [0.717, 1.165) is 33.6 Å². The van der Waals surface area contributed by atoms with Gasteiger partial charge < -0.3 is 40.0 Å². The fourth-order valence-electron chi connectivity index (χ4n) is 6.61. The van der Waals surface area contributed by atoms with Crippen LogP contribution in [0.2, 0.25) is 0 Å². The zero-order valence-corrected chi connectivity index (χ0v) is 29.7. The third kappa shape index (κ3) is 7.58. The Bertz CT molecular complexity index is 1980. The van der Waals surface area contributed by atoms with Crippen LogP contribution in [0, 0.1) is 13.8 Å². The molecule has 2 atom stereocenters. The molecule has 0 aliphatic carbocycles. The van der Waals surface area contributed by atoms with Crippen molar-refractivity contribution in [2.24, 2.45) is 0 Å². The molecule has 2 aliphatic heterocycles. The lowest BCUT2D eigenvalue weighted by atomic mass is 10.1. The number of nitrogens with one attached hydrogen (secondary N) is 1. The molecule has 2 heterocycles. The van der Waals surface area contributed by atoms with Crippen molar-refractivity contribution >= 4 is 40.7 Å². The minimum atomic E-state index is -0.691. The first kappa shape index (κ1) is 37.4. The molecule has 4 aromatic rings. The summed E-state index contributed by atoms with van der Waals surface area (Å²) >= 11 is 0. The Morgan fingerprint density at radius 3 is 1.79 bits per heavy atom. The summed E-state index contributed by atoms with van der Waals surface area (Å²) in [5, 5.41) is 22.1. The van der Waals surface area contributed by atoms with Crippen molar-refractivity contribution in [1.82, 2.24) is 0 Å². The largest absolute Gasteiger partial charge is 0.496 e. The second-order valence-corrected chi connectivity index (χ2v) is 12.5. The highest BCUT2D eigenvalue weighted by Crippen LogP contribution is 2.37.